The Labute approximate surface area is 130 Å². The van der Waals surface area contributed by atoms with E-state index in [1.807, 2.05) is 12.1 Å². The van der Waals surface area contributed by atoms with E-state index < -0.39 is 10.0 Å². The van der Waals surface area contributed by atoms with Crippen LogP contribution in [0.25, 0.3) is 0 Å². The van der Waals surface area contributed by atoms with Gasteiger partial charge in [0, 0.05) is 5.02 Å². The Morgan fingerprint density at radius 3 is 2.43 bits per heavy atom. The van der Waals surface area contributed by atoms with Gasteiger partial charge in [-0.15, -0.1) is 0 Å². The first-order chi connectivity index (χ1) is 9.92. The molecule has 0 aliphatic carbocycles. The second kappa shape index (κ2) is 6.37. The molecule has 0 spiro atoms. The number of hydrogen-bond acceptors (Lipinski definition) is 3. The smallest absolute Gasteiger partial charge is 0.261 e. The normalized spacial score (nSPS) is 11.3. The number of nitrogen functional groups attached to an aromatic ring is 1. The van der Waals surface area contributed by atoms with E-state index in [1.54, 1.807) is 24.3 Å². The van der Waals surface area contributed by atoms with Crippen LogP contribution in [0.1, 0.15) is 18.9 Å². The van der Waals surface area contributed by atoms with Gasteiger partial charge in [0.15, 0.2) is 0 Å². The molecule has 0 fully saturated rings. The van der Waals surface area contributed by atoms with Crippen LogP contribution in [0.5, 0.6) is 0 Å². The fraction of sp³-hybridized carbons (Fsp3) is 0.200. The summed E-state index contributed by atoms with van der Waals surface area (Å²) in [7, 11) is -3.67. The summed E-state index contributed by atoms with van der Waals surface area (Å²) in [5.74, 6) is 0. The van der Waals surface area contributed by atoms with Crippen LogP contribution in [0, 0.1) is 0 Å². The van der Waals surface area contributed by atoms with Crippen molar-refractivity contribution in [2.75, 3.05) is 10.5 Å². The van der Waals surface area contributed by atoms with Gasteiger partial charge < -0.3 is 5.73 Å². The Bertz CT molecular complexity index is 728. The fourth-order valence-corrected chi connectivity index (χ4v) is 3.20. The number of halogens is 1. The molecule has 0 unspecified atom stereocenters. The standard InChI is InChI=1S/C15H17ClN2O2S/c1-2-3-11-4-7-13(8-5-11)21(19,20)18-15-10-12(16)6-9-14(15)17/h4-10,18H,2-3,17H2,1H3. The predicted octanol–water partition coefficient (Wildman–Crippen LogP) is 3.68. The Hall–Kier alpha value is -1.72. The van der Waals surface area contributed by atoms with E-state index in [1.165, 1.54) is 6.07 Å². The molecule has 0 bridgehead atoms. The molecular weight excluding hydrogens is 308 g/mol. The van der Waals surface area contributed by atoms with Gasteiger partial charge in [-0.25, -0.2) is 8.42 Å². The molecule has 0 saturated heterocycles. The first kappa shape index (κ1) is 15.7. The number of nitrogens with two attached hydrogens (primary N) is 1. The Kier molecular flexibility index (Phi) is 4.75. The molecule has 0 aliphatic heterocycles. The molecule has 2 aromatic carbocycles. The van der Waals surface area contributed by atoms with E-state index in [0.29, 0.717) is 10.7 Å². The maximum atomic E-state index is 12.3. The highest BCUT2D eigenvalue weighted by Gasteiger charge is 2.15. The summed E-state index contributed by atoms with van der Waals surface area (Å²) in [6.07, 6.45) is 1.94. The van der Waals surface area contributed by atoms with Crippen LogP contribution in [0.15, 0.2) is 47.4 Å². The van der Waals surface area contributed by atoms with Crippen molar-refractivity contribution in [2.24, 2.45) is 0 Å². The summed E-state index contributed by atoms with van der Waals surface area (Å²) in [6, 6.07) is 11.5. The number of benzene rings is 2. The Balaban J connectivity index is 2.27. The maximum absolute atomic E-state index is 12.3. The second-order valence-corrected chi connectivity index (χ2v) is 6.85. The first-order valence-corrected chi connectivity index (χ1v) is 8.45. The summed E-state index contributed by atoms with van der Waals surface area (Å²) in [4.78, 5) is 0.196. The van der Waals surface area contributed by atoms with E-state index in [9.17, 15) is 8.42 Å². The number of aryl methyl sites for hydroxylation is 1. The lowest BCUT2D eigenvalue weighted by atomic mass is 10.1. The molecule has 21 heavy (non-hydrogen) atoms. The summed E-state index contributed by atoms with van der Waals surface area (Å²) >= 11 is 5.86. The van der Waals surface area contributed by atoms with Gasteiger partial charge in [0.25, 0.3) is 10.0 Å². The van der Waals surface area contributed by atoms with Crippen LogP contribution < -0.4 is 10.5 Å². The molecule has 0 amide bonds. The largest absolute Gasteiger partial charge is 0.397 e. The third kappa shape index (κ3) is 3.89. The monoisotopic (exact) mass is 324 g/mol. The zero-order valence-corrected chi connectivity index (χ0v) is 13.2. The lowest BCUT2D eigenvalue weighted by molar-refractivity contribution is 0.601. The van der Waals surface area contributed by atoms with Crippen molar-refractivity contribution in [3.8, 4) is 0 Å². The zero-order chi connectivity index (χ0) is 15.5. The van der Waals surface area contributed by atoms with Crippen molar-refractivity contribution >= 4 is 33.0 Å². The van der Waals surface area contributed by atoms with E-state index in [0.717, 1.165) is 18.4 Å². The minimum Gasteiger partial charge on any atom is -0.397 e. The van der Waals surface area contributed by atoms with Crippen LogP contribution in [0.4, 0.5) is 11.4 Å². The fourth-order valence-electron chi connectivity index (χ4n) is 1.94. The highest BCUT2D eigenvalue weighted by atomic mass is 35.5. The maximum Gasteiger partial charge on any atom is 0.261 e. The van der Waals surface area contributed by atoms with Crippen molar-refractivity contribution in [3.05, 3.63) is 53.1 Å². The third-order valence-electron chi connectivity index (χ3n) is 3.03. The van der Waals surface area contributed by atoms with Gasteiger partial charge in [-0.2, -0.15) is 0 Å². The summed E-state index contributed by atoms with van der Waals surface area (Å²) in [5, 5.41) is 0.417. The molecule has 3 N–H and O–H groups in total. The second-order valence-electron chi connectivity index (χ2n) is 4.73. The molecule has 0 radical (unpaired) electrons. The molecule has 0 aliphatic rings. The SMILES string of the molecule is CCCc1ccc(S(=O)(=O)Nc2cc(Cl)ccc2N)cc1. The van der Waals surface area contributed by atoms with Crippen molar-refractivity contribution < 1.29 is 8.42 Å². The van der Waals surface area contributed by atoms with E-state index in [4.69, 9.17) is 17.3 Å². The van der Waals surface area contributed by atoms with E-state index in [2.05, 4.69) is 11.6 Å². The molecule has 0 atom stereocenters. The topological polar surface area (TPSA) is 72.2 Å². The minimum absolute atomic E-state index is 0.196. The number of anilines is 2. The van der Waals surface area contributed by atoms with Crippen molar-refractivity contribution in [3.63, 3.8) is 0 Å². The van der Waals surface area contributed by atoms with Crippen LogP contribution in [0.2, 0.25) is 5.02 Å². The van der Waals surface area contributed by atoms with Gasteiger partial charge in [-0.05, 0) is 42.3 Å². The minimum atomic E-state index is -3.67. The van der Waals surface area contributed by atoms with Gasteiger partial charge >= 0.3 is 0 Å². The van der Waals surface area contributed by atoms with E-state index in [-0.39, 0.29) is 10.6 Å². The number of hydrogen-bond donors (Lipinski definition) is 2. The van der Waals surface area contributed by atoms with Crippen LogP contribution in [-0.4, -0.2) is 8.42 Å². The average Bonchev–Trinajstić information content (AvgIpc) is 2.44. The molecule has 4 nitrogen and oxygen atoms in total. The molecule has 112 valence electrons. The van der Waals surface area contributed by atoms with Crippen LogP contribution in [-0.2, 0) is 16.4 Å². The molecule has 2 rings (SSSR count). The van der Waals surface area contributed by atoms with Gasteiger partial charge in [-0.1, -0.05) is 37.1 Å². The van der Waals surface area contributed by atoms with Gasteiger partial charge in [0.1, 0.15) is 0 Å². The third-order valence-corrected chi connectivity index (χ3v) is 4.65. The van der Waals surface area contributed by atoms with Crippen molar-refractivity contribution in [1.29, 1.82) is 0 Å². The van der Waals surface area contributed by atoms with Gasteiger partial charge in [0.05, 0.1) is 16.3 Å². The lowest BCUT2D eigenvalue weighted by Gasteiger charge is -2.11. The van der Waals surface area contributed by atoms with Crippen LogP contribution in [0.3, 0.4) is 0 Å². The molecule has 6 heteroatoms. The van der Waals surface area contributed by atoms with Gasteiger partial charge in [-0.3, -0.25) is 4.72 Å². The van der Waals surface area contributed by atoms with E-state index >= 15 is 0 Å². The highest BCUT2D eigenvalue weighted by Crippen LogP contribution is 2.25. The Morgan fingerprint density at radius 1 is 1.14 bits per heavy atom. The molecule has 2 aromatic rings. The molecule has 0 heterocycles. The summed E-state index contributed by atoms with van der Waals surface area (Å²) in [6.45, 7) is 2.08. The number of rotatable bonds is 5. The molecule has 0 saturated carbocycles. The summed E-state index contributed by atoms with van der Waals surface area (Å²) in [5.41, 5.74) is 7.47. The van der Waals surface area contributed by atoms with Crippen LogP contribution >= 0.6 is 11.6 Å². The zero-order valence-electron chi connectivity index (χ0n) is 11.6. The highest BCUT2D eigenvalue weighted by molar-refractivity contribution is 7.92. The van der Waals surface area contributed by atoms with Crippen molar-refractivity contribution in [1.82, 2.24) is 0 Å². The molecule has 0 aromatic heterocycles. The number of nitrogens with one attached hydrogen (secondary N) is 1. The van der Waals surface area contributed by atoms with Gasteiger partial charge in [0.2, 0.25) is 0 Å². The Morgan fingerprint density at radius 2 is 1.81 bits per heavy atom. The average molecular weight is 325 g/mol. The predicted molar refractivity (Wildman–Crippen MR) is 87.1 cm³/mol. The quantitative estimate of drug-likeness (QED) is 0.824. The summed E-state index contributed by atoms with van der Waals surface area (Å²) < 4.78 is 27.1. The van der Waals surface area contributed by atoms with Crippen molar-refractivity contribution in [2.45, 2.75) is 24.7 Å². The number of sulfonamides is 1. The molecular formula is C15H17ClN2O2S. The lowest BCUT2D eigenvalue weighted by Crippen LogP contribution is -2.14. The first-order valence-electron chi connectivity index (χ1n) is 6.59.